The average Bonchev–Trinajstić information content (AvgIpc) is 2.49. The van der Waals surface area contributed by atoms with E-state index in [-0.39, 0.29) is 23.2 Å². The number of hydrogen-bond acceptors (Lipinski definition) is 5. The van der Waals surface area contributed by atoms with Crippen LogP contribution in [0.2, 0.25) is 0 Å². The Bertz CT molecular complexity index is 948. The fourth-order valence-electron chi connectivity index (χ4n) is 3.57. The second kappa shape index (κ2) is 5.74. The third-order valence-corrected chi connectivity index (χ3v) is 5.68. The highest BCUT2D eigenvalue weighted by molar-refractivity contribution is 7.99. The minimum absolute atomic E-state index is 0.0190. The minimum atomic E-state index is -1.27. The van der Waals surface area contributed by atoms with Crippen molar-refractivity contribution in [2.75, 3.05) is 18.0 Å². The van der Waals surface area contributed by atoms with Gasteiger partial charge in [0.2, 0.25) is 5.43 Å². The molecule has 6 nitrogen and oxygen atoms in total. The highest BCUT2D eigenvalue weighted by Crippen LogP contribution is 2.38. The van der Waals surface area contributed by atoms with E-state index >= 15 is 0 Å². The van der Waals surface area contributed by atoms with Crippen molar-refractivity contribution in [3.63, 3.8) is 0 Å². The Morgan fingerprint density at radius 1 is 1.32 bits per heavy atom. The smallest absolute Gasteiger partial charge is 0.342 e. The number of aromatic nitrogens is 1. The zero-order valence-electron chi connectivity index (χ0n) is 13.8. The van der Waals surface area contributed by atoms with Gasteiger partial charge >= 0.3 is 5.97 Å². The first-order valence-corrected chi connectivity index (χ1v) is 9.02. The molecular weight excluding hydrogens is 347 g/mol. The molecule has 2 unspecified atom stereocenters. The van der Waals surface area contributed by atoms with Crippen molar-refractivity contribution in [2.24, 2.45) is 0 Å². The van der Waals surface area contributed by atoms with Crippen molar-refractivity contribution in [1.29, 1.82) is 0 Å². The summed E-state index contributed by atoms with van der Waals surface area (Å²) in [5, 5.41) is 9.85. The lowest BCUT2D eigenvalue weighted by Gasteiger charge is -2.37. The average molecular weight is 364 g/mol. The summed E-state index contributed by atoms with van der Waals surface area (Å²) in [7, 11) is 0. The van der Waals surface area contributed by atoms with E-state index in [1.54, 1.807) is 10.6 Å². The molecule has 25 heavy (non-hydrogen) atoms. The van der Waals surface area contributed by atoms with E-state index in [1.165, 1.54) is 17.8 Å². The predicted molar refractivity (Wildman–Crippen MR) is 93.2 cm³/mol. The van der Waals surface area contributed by atoms with E-state index in [4.69, 9.17) is 4.74 Å². The zero-order chi connectivity index (χ0) is 17.9. The monoisotopic (exact) mass is 364 g/mol. The van der Waals surface area contributed by atoms with E-state index in [0.29, 0.717) is 35.2 Å². The Balaban J connectivity index is 1.91. The number of morpholine rings is 1. The predicted octanol–water partition coefficient (Wildman–Crippen LogP) is 2.52. The van der Waals surface area contributed by atoms with Crippen LogP contribution in [0.4, 0.5) is 10.1 Å². The highest BCUT2D eigenvalue weighted by Gasteiger charge is 2.30. The maximum Gasteiger partial charge on any atom is 0.342 e. The van der Waals surface area contributed by atoms with Crippen molar-refractivity contribution in [2.45, 2.75) is 37.0 Å². The normalized spacial score (nSPS) is 22.6. The summed E-state index contributed by atoms with van der Waals surface area (Å²) in [5.74, 6) is -1.24. The van der Waals surface area contributed by atoms with Crippen molar-refractivity contribution in [3.8, 4) is 0 Å². The molecule has 0 radical (unpaired) electrons. The van der Waals surface area contributed by atoms with Crippen LogP contribution < -0.4 is 10.3 Å². The summed E-state index contributed by atoms with van der Waals surface area (Å²) in [6.45, 7) is 5.00. The second-order valence-electron chi connectivity index (χ2n) is 6.50. The van der Waals surface area contributed by atoms with Gasteiger partial charge in [-0.15, -0.1) is 0 Å². The van der Waals surface area contributed by atoms with Crippen molar-refractivity contribution in [3.05, 3.63) is 33.7 Å². The van der Waals surface area contributed by atoms with Gasteiger partial charge < -0.3 is 19.3 Å². The van der Waals surface area contributed by atoms with Crippen LogP contribution in [-0.2, 0) is 10.6 Å². The molecule has 0 saturated carbocycles. The van der Waals surface area contributed by atoms with Gasteiger partial charge in [-0.25, -0.2) is 9.18 Å². The molecule has 0 spiro atoms. The van der Waals surface area contributed by atoms with Crippen LogP contribution in [0, 0.1) is 5.82 Å². The van der Waals surface area contributed by atoms with Crippen LogP contribution >= 0.6 is 11.8 Å². The second-order valence-corrected chi connectivity index (χ2v) is 7.43. The Morgan fingerprint density at radius 3 is 2.56 bits per heavy atom. The molecule has 1 aromatic carbocycles. The number of thioether (sulfide) groups is 1. The number of rotatable bonds is 2. The van der Waals surface area contributed by atoms with E-state index in [2.05, 4.69) is 0 Å². The Kier molecular flexibility index (Phi) is 3.77. The first-order valence-electron chi connectivity index (χ1n) is 8.03. The minimum Gasteiger partial charge on any atom is -0.477 e. The summed E-state index contributed by atoms with van der Waals surface area (Å²) >= 11 is 1.32. The van der Waals surface area contributed by atoms with Crippen LogP contribution in [0.3, 0.4) is 0 Å². The van der Waals surface area contributed by atoms with Crippen LogP contribution in [-0.4, -0.2) is 40.9 Å². The maximum atomic E-state index is 14.7. The number of pyridine rings is 1. The summed E-state index contributed by atoms with van der Waals surface area (Å²) in [6, 6.07) is 2.83. The lowest BCUT2D eigenvalue weighted by Crippen LogP contribution is -2.45. The van der Waals surface area contributed by atoms with Crippen molar-refractivity contribution < 1.29 is 19.0 Å². The zero-order valence-corrected chi connectivity index (χ0v) is 14.6. The first kappa shape index (κ1) is 16.4. The van der Waals surface area contributed by atoms with Gasteiger partial charge in [0.15, 0.2) is 0 Å². The SMILES string of the molecule is CC1CN(c2cc3c(cc2F)c(=O)c(C(=O)O)c2n3CS2)CC(C)O1. The molecule has 0 bridgehead atoms. The molecule has 1 saturated heterocycles. The van der Waals surface area contributed by atoms with Gasteiger partial charge in [-0.3, -0.25) is 4.79 Å². The quantitative estimate of drug-likeness (QED) is 0.883. The molecule has 2 aromatic rings. The standard InChI is InChI=1S/C17H17FN2O4S/c1-8-5-19(6-9(2)24-8)13-4-12-10(3-11(13)18)15(21)14(17(22)23)16-20(12)7-25-16/h3-4,8-9H,5-7H2,1-2H3,(H,22,23). The number of benzene rings is 1. The molecule has 1 fully saturated rings. The number of ether oxygens (including phenoxy) is 1. The number of halogens is 1. The van der Waals surface area contributed by atoms with Crippen molar-refractivity contribution >= 4 is 34.3 Å². The summed E-state index contributed by atoms with van der Waals surface area (Å²) < 4.78 is 22.2. The van der Waals surface area contributed by atoms with E-state index < -0.39 is 17.2 Å². The van der Waals surface area contributed by atoms with Gasteiger partial charge in [0.1, 0.15) is 11.4 Å². The fraction of sp³-hybridized carbons (Fsp3) is 0.412. The van der Waals surface area contributed by atoms with Gasteiger partial charge in [0.25, 0.3) is 0 Å². The summed E-state index contributed by atoms with van der Waals surface area (Å²) in [6.07, 6.45) is -0.0381. The van der Waals surface area contributed by atoms with Gasteiger partial charge in [0.05, 0.1) is 34.3 Å². The fourth-order valence-corrected chi connectivity index (χ4v) is 4.52. The van der Waals surface area contributed by atoms with Crippen LogP contribution in [0.25, 0.3) is 10.9 Å². The topological polar surface area (TPSA) is 71.8 Å². The van der Waals surface area contributed by atoms with Crippen LogP contribution in [0.1, 0.15) is 24.2 Å². The number of nitrogens with zero attached hydrogens (tertiary/aromatic N) is 2. The lowest BCUT2D eigenvalue weighted by molar-refractivity contribution is -0.00539. The number of aromatic carboxylic acids is 1. The number of fused-ring (bicyclic) bond motifs is 3. The summed E-state index contributed by atoms with van der Waals surface area (Å²) in [4.78, 5) is 25.8. The molecule has 1 aromatic heterocycles. The number of carbonyl (C=O) groups is 1. The Labute approximate surface area is 147 Å². The molecule has 0 amide bonds. The molecule has 132 valence electrons. The largest absolute Gasteiger partial charge is 0.477 e. The molecule has 3 heterocycles. The molecule has 1 N–H and O–H groups in total. The van der Waals surface area contributed by atoms with E-state index in [1.807, 2.05) is 18.7 Å². The third-order valence-electron chi connectivity index (χ3n) is 4.59. The number of anilines is 1. The van der Waals surface area contributed by atoms with E-state index in [0.717, 1.165) is 0 Å². The van der Waals surface area contributed by atoms with Gasteiger partial charge in [-0.1, -0.05) is 11.8 Å². The molecular formula is C17H17FN2O4S. The first-order chi connectivity index (χ1) is 11.9. The molecule has 0 aliphatic carbocycles. The highest BCUT2D eigenvalue weighted by atomic mass is 32.2. The van der Waals surface area contributed by atoms with Gasteiger partial charge in [-0.2, -0.15) is 0 Å². The summed E-state index contributed by atoms with van der Waals surface area (Å²) in [5.41, 5.74) is 0.0927. The Hall–Kier alpha value is -2.06. The van der Waals surface area contributed by atoms with Gasteiger partial charge in [-0.05, 0) is 26.0 Å². The van der Waals surface area contributed by atoms with Crippen molar-refractivity contribution in [1.82, 2.24) is 4.57 Å². The lowest BCUT2D eigenvalue weighted by atomic mass is 10.1. The molecule has 2 atom stereocenters. The number of carboxylic acid groups (broad SMARTS) is 1. The maximum absolute atomic E-state index is 14.7. The molecule has 8 heteroatoms. The molecule has 4 rings (SSSR count). The number of carboxylic acids is 1. The van der Waals surface area contributed by atoms with E-state index in [9.17, 15) is 19.1 Å². The third kappa shape index (κ3) is 2.51. The van der Waals surface area contributed by atoms with Gasteiger partial charge in [0, 0.05) is 18.5 Å². The van der Waals surface area contributed by atoms with Crippen LogP contribution in [0.15, 0.2) is 22.0 Å². The molecule has 2 aliphatic rings. The van der Waals surface area contributed by atoms with Crippen LogP contribution in [0.5, 0.6) is 0 Å². The Morgan fingerprint density at radius 2 is 2.00 bits per heavy atom. The molecule has 2 aliphatic heterocycles. The number of hydrogen-bond donors (Lipinski definition) is 1.